The fourth-order valence-electron chi connectivity index (χ4n) is 3.49. The lowest BCUT2D eigenvalue weighted by Gasteiger charge is -2.29. The van der Waals surface area contributed by atoms with E-state index in [4.69, 9.17) is 11.6 Å². The molecule has 0 atom stereocenters. The maximum atomic E-state index is 13.2. The predicted molar refractivity (Wildman–Crippen MR) is 121 cm³/mol. The van der Waals surface area contributed by atoms with Gasteiger partial charge in [0, 0.05) is 68.9 Å². The first kappa shape index (κ1) is 22.8. The Hall–Kier alpha value is -2.90. The van der Waals surface area contributed by atoms with Gasteiger partial charge in [0.2, 0.25) is 11.8 Å². The van der Waals surface area contributed by atoms with Crippen LogP contribution in [0.3, 0.4) is 0 Å². The quantitative estimate of drug-likeness (QED) is 0.690. The number of carbonyl (C=O) groups is 3. The highest BCUT2D eigenvalue weighted by atomic mass is 35.5. The van der Waals surface area contributed by atoms with E-state index in [1.807, 2.05) is 23.1 Å². The summed E-state index contributed by atoms with van der Waals surface area (Å²) in [5.74, 6) is -0.304. The highest BCUT2D eigenvalue weighted by Crippen LogP contribution is 2.17. The fourth-order valence-corrected chi connectivity index (χ4v) is 3.71. The highest BCUT2D eigenvalue weighted by molar-refractivity contribution is 6.30. The molecule has 0 aliphatic carbocycles. The molecule has 2 aromatic rings. The molecule has 31 heavy (non-hydrogen) atoms. The van der Waals surface area contributed by atoms with Gasteiger partial charge in [-0.25, -0.2) is 0 Å². The average Bonchev–Trinajstić information content (AvgIpc) is 2.76. The van der Waals surface area contributed by atoms with Gasteiger partial charge in [0.15, 0.2) is 0 Å². The van der Waals surface area contributed by atoms with Gasteiger partial charge in [0.25, 0.3) is 5.91 Å². The first-order chi connectivity index (χ1) is 14.9. The van der Waals surface area contributed by atoms with E-state index in [9.17, 15) is 14.4 Å². The van der Waals surface area contributed by atoms with E-state index in [2.05, 4.69) is 10.6 Å². The molecule has 0 aromatic heterocycles. The SMILES string of the molecule is CC(=O)Nc1ccc(C(=O)N(CCC(=O)N2CCNCC2)Cc2cccc(Cl)c2)cc1. The van der Waals surface area contributed by atoms with Gasteiger partial charge >= 0.3 is 0 Å². The highest BCUT2D eigenvalue weighted by Gasteiger charge is 2.21. The Morgan fingerprint density at radius 1 is 1.10 bits per heavy atom. The lowest BCUT2D eigenvalue weighted by molar-refractivity contribution is -0.132. The number of nitrogens with zero attached hydrogens (tertiary/aromatic N) is 2. The van der Waals surface area contributed by atoms with E-state index in [1.54, 1.807) is 35.2 Å². The van der Waals surface area contributed by atoms with Crippen molar-refractivity contribution >= 4 is 35.0 Å². The molecule has 1 aliphatic rings. The van der Waals surface area contributed by atoms with E-state index < -0.39 is 0 Å². The predicted octanol–water partition coefficient (Wildman–Crippen LogP) is 2.76. The number of halogens is 1. The van der Waals surface area contributed by atoms with Crippen LogP contribution in [0.5, 0.6) is 0 Å². The maximum Gasteiger partial charge on any atom is 0.254 e. The topological polar surface area (TPSA) is 81.8 Å². The minimum absolute atomic E-state index is 0.0476. The van der Waals surface area contributed by atoms with Crippen molar-refractivity contribution in [3.8, 4) is 0 Å². The van der Waals surface area contributed by atoms with Crippen molar-refractivity contribution in [3.05, 3.63) is 64.7 Å². The standard InChI is InChI=1S/C23H27ClN4O3/c1-17(29)26-21-7-5-19(6-8-21)23(31)28(16-18-3-2-4-20(24)15-18)12-9-22(30)27-13-10-25-11-14-27/h2-8,15,25H,9-14,16H2,1H3,(H,26,29). The van der Waals surface area contributed by atoms with E-state index >= 15 is 0 Å². The van der Waals surface area contributed by atoms with Crippen LogP contribution < -0.4 is 10.6 Å². The van der Waals surface area contributed by atoms with Gasteiger partial charge in [-0.3, -0.25) is 14.4 Å². The smallest absolute Gasteiger partial charge is 0.254 e. The van der Waals surface area contributed by atoms with E-state index in [1.165, 1.54) is 6.92 Å². The first-order valence-corrected chi connectivity index (χ1v) is 10.7. The number of rotatable bonds is 7. The van der Waals surface area contributed by atoms with Crippen LogP contribution in [0.2, 0.25) is 5.02 Å². The molecule has 1 fully saturated rings. The molecule has 0 bridgehead atoms. The number of amides is 3. The van der Waals surface area contributed by atoms with Crippen LogP contribution in [0, 0.1) is 0 Å². The van der Waals surface area contributed by atoms with Crippen molar-refractivity contribution in [1.29, 1.82) is 0 Å². The summed E-state index contributed by atoms with van der Waals surface area (Å²) in [6.45, 7) is 5.04. The Bertz CT molecular complexity index is 927. The maximum absolute atomic E-state index is 13.2. The van der Waals surface area contributed by atoms with E-state index in [0.717, 1.165) is 18.7 Å². The van der Waals surface area contributed by atoms with Crippen molar-refractivity contribution in [2.45, 2.75) is 19.9 Å². The molecule has 1 aliphatic heterocycles. The molecule has 8 heteroatoms. The molecular weight excluding hydrogens is 416 g/mol. The van der Waals surface area contributed by atoms with Gasteiger partial charge < -0.3 is 20.4 Å². The Morgan fingerprint density at radius 2 is 1.81 bits per heavy atom. The number of benzene rings is 2. The molecule has 1 saturated heterocycles. The monoisotopic (exact) mass is 442 g/mol. The van der Waals surface area contributed by atoms with Crippen LogP contribution >= 0.6 is 11.6 Å². The number of nitrogens with one attached hydrogen (secondary N) is 2. The third-order valence-electron chi connectivity index (χ3n) is 5.07. The molecule has 0 unspecified atom stereocenters. The lowest BCUT2D eigenvalue weighted by Crippen LogP contribution is -2.47. The van der Waals surface area contributed by atoms with Crippen LogP contribution in [0.1, 0.15) is 29.3 Å². The van der Waals surface area contributed by atoms with Crippen molar-refractivity contribution < 1.29 is 14.4 Å². The second kappa shape index (κ2) is 10.9. The number of hydrogen-bond acceptors (Lipinski definition) is 4. The minimum Gasteiger partial charge on any atom is -0.340 e. The molecule has 0 spiro atoms. The average molecular weight is 443 g/mol. The molecule has 164 valence electrons. The Balaban J connectivity index is 1.73. The summed E-state index contributed by atoms with van der Waals surface area (Å²) in [6.07, 6.45) is 0.260. The second-order valence-electron chi connectivity index (χ2n) is 7.50. The molecule has 2 N–H and O–H groups in total. The number of carbonyl (C=O) groups excluding carboxylic acids is 3. The summed E-state index contributed by atoms with van der Waals surface area (Å²) < 4.78 is 0. The molecule has 0 radical (unpaired) electrons. The zero-order valence-corrected chi connectivity index (χ0v) is 18.3. The molecular formula is C23H27ClN4O3. The van der Waals surface area contributed by atoms with Crippen LogP contribution in [-0.2, 0) is 16.1 Å². The zero-order valence-electron chi connectivity index (χ0n) is 17.6. The number of piperazine rings is 1. The Labute approximate surface area is 187 Å². The first-order valence-electron chi connectivity index (χ1n) is 10.3. The van der Waals surface area contributed by atoms with Gasteiger partial charge in [-0.05, 0) is 42.0 Å². The summed E-state index contributed by atoms with van der Waals surface area (Å²) in [7, 11) is 0. The summed E-state index contributed by atoms with van der Waals surface area (Å²) in [6, 6.07) is 14.1. The van der Waals surface area contributed by atoms with Crippen molar-refractivity contribution in [2.75, 3.05) is 38.0 Å². The summed E-state index contributed by atoms with van der Waals surface area (Å²) in [5.41, 5.74) is 2.01. The molecule has 2 aromatic carbocycles. The van der Waals surface area contributed by atoms with E-state index in [0.29, 0.717) is 42.5 Å². The third kappa shape index (κ3) is 6.80. The number of hydrogen-bond donors (Lipinski definition) is 2. The van der Waals surface area contributed by atoms with Crippen LogP contribution in [0.15, 0.2) is 48.5 Å². The normalized spacial score (nSPS) is 13.5. The minimum atomic E-state index is -0.178. The zero-order chi connectivity index (χ0) is 22.2. The van der Waals surface area contributed by atoms with E-state index in [-0.39, 0.29) is 24.1 Å². The van der Waals surface area contributed by atoms with Crippen LogP contribution in [0.4, 0.5) is 5.69 Å². The second-order valence-corrected chi connectivity index (χ2v) is 7.93. The van der Waals surface area contributed by atoms with Gasteiger partial charge in [0.1, 0.15) is 0 Å². The molecule has 0 saturated carbocycles. The number of anilines is 1. The van der Waals surface area contributed by atoms with Crippen LogP contribution in [0.25, 0.3) is 0 Å². The summed E-state index contributed by atoms with van der Waals surface area (Å²) in [5, 5.41) is 6.52. The van der Waals surface area contributed by atoms with Gasteiger partial charge in [0.05, 0.1) is 0 Å². The van der Waals surface area contributed by atoms with Gasteiger partial charge in [-0.1, -0.05) is 23.7 Å². The van der Waals surface area contributed by atoms with Gasteiger partial charge in [-0.2, -0.15) is 0 Å². The van der Waals surface area contributed by atoms with Crippen LogP contribution in [-0.4, -0.2) is 60.2 Å². The van der Waals surface area contributed by atoms with Crippen molar-refractivity contribution in [1.82, 2.24) is 15.1 Å². The molecule has 7 nitrogen and oxygen atoms in total. The fraction of sp³-hybridized carbons (Fsp3) is 0.348. The third-order valence-corrected chi connectivity index (χ3v) is 5.30. The Kier molecular flexibility index (Phi) is 8.03. The summed E-state index contributed by atoms with van der Waals surface area (Å²) >= 11 is 6.11. The summed E-state index contributed by atoms with van der Waals surface area (Å²) in [4.78, 5) is 40.6. The molecule has 3 rings (SSSR count). The molecule has 3 amide bonds. The van der Waals surface area contributed by atoms with Gasteiger partial charge in [-0.15, -0.1) is 0 Å². The van der Waals surface area contributed by atoms with Crippen molar-refractivity contribution in [2.24, 2.45) is 0 Å². The van der Waals surface area contributed by atoms with Crippen molar-refractivity contribution in [3.63, 3.8) is 0 Å². The Morgan fingerprint density at radius 3 is 2.45 bits per heavy atom. The molecule has 1 heterocycles. The lowest BCUT2D eigenvalue weighted by atomic mass is 10.1. The largest absolute Gasteiger partial charge is 0.340 e.